The first kappa shape index (κ1) is 27.9. The van der Waals surface area contributed by atoms with Crippen LogP contribution in [-0.4, -0.2) is 46.6 Å². The van der Waals surface area contributed by atoms with Crippen molar-refractivity contribution in [1.82, 2.24) is 14.9 Å². The molecule has 7 rings (SSSR count). The molecule has 2 aliphatic rings. The molecule has 44 heavy (non-hydrogen) atoms. The molecule has 1 aliphatic carbocycles. The summed E-state index contributed by atoms with van der Waals surface area (Å²) < 4.78 is 5.91. The predicted octanol–water partition coefficient (Wildman–Crippen LogP) is 6.50. The smallest absolute Gasteiger partial charge is 0.409 e. The summed E-state index contributed by atoms with van der Waals surface area (Å²) in [5.41, 5.74) is 5.36. The lowest BCUT2D eigenvalue weighted by atomic mass is 9.72. The largest absolute Gasteiger partial charge is 0.448 e. The van der Waals surface area contributed by atoms with E-state index in [2.05, 4.69) is 39.6 Å². The van der Waals surface area contributed by atoms with Gasteiger partial charge in [-0.3, -0.25) is 9.59 Å². The number of anilines is 1. The number of aromatic nitrogens is 2. The Hall–Kier alpha value is -4.95. The van der Waals surface area contributed by atoms with E-state index in [-0.39, 0.29) is 30.1 Å². The number of carbonyl (C=O) groups excluding carboxylic acids is 2. The molecule has 9 heteroatoms. The van der Waals surface area contributed by atoms with Crippen molar-refractivity contribution < 1.29 is 14.3 Å². The fourth-order valence-electron chi connectivity index (χ4n) is 6.57. The third-order valence-corrected chi connectivity index (χ3v) is 9.19. The van der Waals surface area contributed by atoms with Crippen LogP contribution in [0, 0.1) is 0 Å². The molecule has 5 aromatic rings. The second-order valence-corrected chi connectivity index (χ2v) is 11.7. The molecule has 2 heterocycles. The van der Waals surface area contributed by atoms with Crippen LogP contribution in [0.2, 0.25) is 5.02 Å². The van der Waals surface area contributed by atoms with E-state index in [0.29, 0.717) is 47.5 Å². The molecule has 0 unspecified atom stereocenters. The van der Waals surface area contributed by atoms with Gasteiger partial charge in [0.15, 0.2) is 0 Å². The number of piperidine rings is 1. The average molecular weight is 605 g/mol. The number of carbonyl (C=O) groups is 2. The second kappa shape index (κ2) is 11.3. The Kier molecular flexibility index (Phi) is 7.14. The van der Waals surface area contributed by atoms with Crippen molar-refractivity contribution in [2.45, 2.75) is 24.2 Å². The number of nitrogens with one attached hydrogen (secondary N) is 2. The fraction of sp³-hybridized carbons (Fsp3) is 0.200. The quantitative estimate of drug-likeness (QED) is 0.238. The summed E-state index contributed by atoms with van der Waals surface area (Å²) >= 11 is 6.19. The molecule has 0 bridgehead atoms. The van der Waals surface area contributed by atoms with Crippen molar-refractivity contribution in [1.29, 1.82) is 0 Å². The number of likely N-dealkylation sites (tertiary alicyclic amines) is 1. The molecule has 220 valence electrons. The van der Waals surface area contributed by atoms with Crippen LogP contribution in [0.3, 0.4) is 0 Å². The first-order valence-corrected chi connectivity index (χ1v) is 15.0. The molecule has 0 spiro atoms. The van der Waals surface area contributed by atoms with E-state index in [9.17, 15) is 14.4 Å². The first-order chi connectivity index (χ1) is 21.4. The van der Waals surface area contributed by atoms with E-state index in [1.165, 1.54) is 17.5 Å². The number of amides is 2. The van der Waals surface area contributed by atoms with Crippen molar-refractivity contribution in [2.75, 3.05) is 25.0 Å². The van der Waals surface area contributed by atoms with Crippen molar-refractivity contribution in [2.24, 2.45) is 0 Å². The Labute approximate surface area is 258 Å². The molecule has 1 fully saturated rings. The van der Waals surface area contributed by atoms with Gasteiger partial charge in [0.1, 0.15) is 6.61 Å². The number of nitrogens with zero attached hydrogens (tertiary/aromatic N) is 2. The van der Waals surface area contributed by atoms with Gasteiger partial charge in [0.25, 0.3) is 5.56 Å². The van der Waals surface area contributed by atoms with Crippen LogP contribution in [0.4, 0.5) is 10.5 Å². The Bertz CT molecular complexity index is 1900. The molecule has 1 saturated heterocycles. The monoisotopic (exact) mass is 604 g/mol. The van der Waals surface area contributed by atoms with E-state index in [0.717, 1.165) is 16.7 Å². The highest BCUT2D eigenvalue weighted by Gasteiger charge is 2.44. The van der Waals surface area contributed by atoms with Crippen LogP contribution < -0.4 is 10.9 Å². The zero-order chi connectivity index (χ0) is 30.3. The lowest BCUT2D eigenvalue weighted by molar-refractivity contribution is -0.123. The summed E-state index contributed by atoms with van der Waals surface area (Å²) in [6.07, 6.45) is 1.75. The van der Waals surface area contributed by atoms with Gasteiger partial charge in [0.2, 0.25) is 5.91 Å². The third-order valence-electron chi connectivity index (χ3n) is 8.94. The van der Waals surface area contributed by atoms with Crippen LogP contribution in [0.1, 0.15) is 35.4 Å². The third kappa shape index (κ3) is 4.91. The van der Waals surface area contributed by atoms with Crippen molar-refractivity contribution in [3.05, 3.63) is 129 Å². The van der Waals surface area contributed by atoms with Gasteiger partial charge in [-0.2, -0.15) is 0 Å². The van der Waals surface area contributed by atoms with Crippen molar-refractivity contribution in [3.63, 3.8) is 0 Å². The molecule has 8 nitrogen and oxygen atoms in total. The number of rotatable bonds is 5. The lowest BCUT2D eigenvalue weighted by Crippen LogP contribution is -2.51. The first-order valence-electron chi connectivity index (χ1n) is 14.6. The maximum Gasteiger partial charge on any atom is 0.409 e. The number of aromatic amines is 1. The summed E-state index contributed by atoms with van der Waals surface area (Å²) in [4.78, 5) is 47.9. The molecule has 2 amide bonds. The number of hydrogen-bond acceptors (Lipinski definition) is 5. The van der Waals surface area contributed by atoms with Gasteiger partial charge in [-0.25, -0.2) is 9.78 Å². The van der Waals surface area contributed by atoms with Gasteiger partial charge >= 0.3 is 6.09 Å². The molecule has 2 N–H and O–H groups in total. The number of fused-ring (bicyclic) bond motifs is 4. The van der Waals surface area contributed by atoms with E-state index in [1.54, 1.807) is 35.2 Å². The zero-order valence-corrected chi connectivity index (χ0v) is 24.5. The minimum absolute atomic E-state index is 0.0258. The number of ether oxygens (including phenoxy) is 1. The van der Waals surface area contributed by atoms with Crippen LogP contribution in [0.25, 0.3) is 22.0 Å². The van der Waals surface area contributed by atoms with Crippen LogP contribution in [0.5, 0.6) is 0 Å². The van der Waals surface area contributed by atoms with Gasteiger partial charge in [0.05, 0.1) is 22.6 Å². The van der Waals surface area contributed by atoms with E-state index in [1.807, 2.05) is 36.4 Å². The van der Waals surface area contributed by atoms with Crippen LogP contribution in [0.15, 0.2) is 102 Å². The fourth-order valence-corrected chi connectivity index (χ4v) is 6.70. The zero-order valence-electron chi connectivity index (χ0n) is 23.8. The van der Waals surface area contributed by atoms with Gasteiger partial charge in [0, 0.05) is 29.7 Å². The standard InChI is InChI=1S/C35H29ClN4O4/c36-23-11-9-22(10-12-23)35(33(42)39-24-13-14-29-31(19-24)37-21-38-32(29)41)15-17-40(18-16-35)34(43)44-20-30-27-7-3-1-5-25(27)26-6-2-4-8-28(26)30/h1-14,19,21,30H,15-18,20H2,(H,39,42)(H,37,38,41). The maximum atomic E-state index is 14.0. The SMILES string of the molecule is O=C(OCC1c2ccccc2-c2ccccc21)N1CCC(C(=O)Nc2ccc3c(=O)[nH]cnc3c2)(c2ccc(Cl)cc2)CC1. The summed E-state index contributed by atoms with van der Waals surface area (Å²) in [5.74, 6) is -0.224. The molecule has 1 aliphatic heterocycles. The Morgan fingerprint density at radius 1 is 0.932 bits per heavy atom. The Morgan fingerprint density at radius 3 is 2.27 bits per heavy atom. The minimum Gasteiger partial charge on any atom is -0.448 e. The van der Waals surface area contributed by atoms with Gasteiger partial charge in [-0.1, -0.05) is 72.3 Å². The van der Waals surface area contributed by atoms with E-state index in [4.69, 9.17) is 16.3 Å². The topological polar surface area (TPSA) is 104 Å². The number of benzene rings is 4. The summed E-state index contributed by atoms with van der Waals surface area (Å²) in [6.45, 7) is 0.938. The molecular formula is C35H29ClN4O4. The Morgan fingerprint density at radius 2 is 1.59 bits per heavy atom. The Balaban J connectivity index is 1.08. The number of halogens is 1. The summed E-state index contributed by atoms with van der Waals surface area (Å²) in [6, 6.07) is 28.8. The molecule has 4 aromatic carbocycles. The highest BCUT2D eigenvalue weighted by atomic mass is 35.5. The molecule has 0 saturated carbocycles. The van der Waals surface area contributed by atoms with Gasteiger partial charge in [-0.05, 0) is 71.0 Å². The molecule has 0 atom stereocenters. The molecular weight excluding hydrogens is 576 g/mol. The number of hydrogen-bond donors (Lipinski definition) is 2. The second-order valence-electron chi connectivity index (χ2n) is 11.3. The maximum absolute atomic E-state index is 14.0. The van der Waals surface area contributed by atoms with Gasteiger partial charge < -0.3 is 19.9 Å². The normalized spacial score (nSPS) is 15.4. The highest BCUT2D eigenvalue weighted by Crippen LogP contribution is 2.45. The predicted molar refractivity (Wildman–Crippen MR) is 170 cm³/mol. The van der Waals surface area contributed by atoms with Gasteiger partial charge in [-0.15, -0.1) is 0 Å². The van der Waals surface area contributed by atoms with Crippen LogP contribution >= 0.6 is 11.6 Å². The molecule has 0 radical (unpaired) electrons. The lowest BCUT2D eigenvalue weighted by Gasteiger charge is -2.40. The minimum atomic E-state index is -0.902. The average Bonchev–Trinajstić information content (AvgIpc) is 3.37. The molecule has 1 aromatic heterocycles. The summed E-state index contributed by atoms with van der Waals surface area (Å²) in [5, 5.41) is 4.06. The van der Waals surface area contributed by atoms with E-state index < -0.39 is 5.41 Å². The highest BCUT2D eigenvalue weighted by molar-refractivity contribution is 6.30. The van der Waals surface area contributed by atoms with Crippen LogP contribution in [-0.2, 0) is 14.9 Å². The summed E-state index contributed by atoms with van der Waals surface area (Å²) in [7, 11) is 0. The number of H-pyrrole nitrogens is 1. The van der Waals surface area contributed by atoms with Crippen molar-refractivity contribution >= 4 is 40.2 Å². The van der Waals surface area contributed by atoms with Crippen molar-refractivity contribution in [3.8, 4) is 11.1 Å². The van der Waals surface area contributed by atoms with E-state index >= 15 is 0 Å².